The van der Waals surface area contributed by atoms with Gasteiger partial charge in [-0.3, -0.25) is 9.59 Å². The highest BCUT2D eigenvalue weighted by atomic mass is 32.2. The molecule has 162 valence electrons. The molecule has 0 atom stereocenters. The Morgan fingerprint density at radius 2 is 1.33 bits per heavy atom. The van der Waals surface area contributed by atoms with E-state index in [1.165, 1.54) is 7.11 Å². The number of phenolic OH excluding ortho intramolecular Hbond substituents is 2. The Balaban J connectivity index is 2.10. The zero-order chi connectivity index (χ0) is 22.4. The number of primary amides is 2. The van der Waals surface area contributed by atoms with Gasteiger partial charge in [-0.1, -0.05) is 47.0 Å². The quantitative estimate of drug-likeness (QED) is 0.139. The molecule has 0 saturated heterocycles. The number of carbonyl (C=O) groups is 2. The van der Waals surface area contributed by atoms with Gasteiger partial charge in [0.2, 0.25) is 0 Å². The lowest BCUT2D eigenvalue weighted by Gasteiger charge is -2.08. The molecule has 0 aliphatic carbocycles. The minimum absolute atomic E-state index is 0.0102. The van der Waals surface area contributed by atoms with E-state index in [1.807, 2.05) is 0 Å². The summed E-state index contributed by atoms with van der Waals surface area (Å²) in [5.74, 6) is -2.41. The molecule has 0 aromatic heterocycles. The zero-order valence-electron chi connectivity index (χ0n) is 14.9. The Kier molecular flexibility index (Phi) is 6.88. The Labute approximate surface area is 191 Å². The number of benzene rings is 1. The van der Waals surface area contributed by atoms with Gasteiger partial charge in [-0.15, -0.1) is 0 Å². The lowest BCUT2D eigenvalue weighted by Crippen LogP contribution is -2.20. The third-order valence-electron chi connectivity index (χ3n) is 3.43. The molecule has 1 aromatic carbocycles. The van der Waals surface area contributed by atoms with Crippen molar-refractivity contribution in [2.75, 3.05) is 13.4 Å². The van der Waals surface area contributed by atoms with Gasteiger partial charge < -0.3 is 21.7 Å². The number of carbonyl (C=O) groups excluding carboxylic acids is 2. The van der Waals surface area contributed by atoms with Gasteiger partial charge in [-0.2, -0.15) is 4.33 Å². The average molecular weight is 529 g/mol. The lowest BCUT2D eigenvalue weighted by molar-refractivity contribution is -0.159. The number of rotatable bonds is 6. The molecular formula is C14H12N2O8S6. The second-order valence-corrected chi connectivity index (χ2v) is 12.7. The maximum absolute atomic E-state index is 12.0. The van der Waals surface area contributed by atoms with Crippen molar-refractivity contribution in [2.24, 2.45) is 11.5 Å². The van der Waals surface area contributed by atoms with Crippen molar-refractivity contribution in [1.82, 2.24) is 0 Å². The lowest BCUT2D eigenvalue weighted by atomic mass is 10.3. The van der Waals surface area contributed by atoms with Gasteiger partial charge in [-0.25, -0.2) is 13.3 Å². The summed E-state index contributed by atoms with van der Waals surface area (Å²) in [7, 11) is -2.69. The Morgan fingerprint density at radius 3 is 1.67 bits per heavy atom. The number of hydrogen-bond acceptors (Lipinski definition) is 13. The minimum Gasteiger partial charge on any atom is -0.505 e. The summed E-state index contributed by atoms with van der Waals surface area (Å²) in [6.45, 7) is 0. The summed E-state index contributed by atoms with van der Waals surface area (Å²) in [4.78, 5) is 28.1. The van der Waals surface area contributed by atoms with Crippen LogP contribution in [-0.2, 0) is 28.6 Å². The molecule has 0 radical (unpaired) electrons. The molecule has 0 bridgehead atoms. The molecular weight excluding hydrogens is 517 g/mol. The predicted molar refractivity (Wildman–Crippen MR) is 116 cm³/mol. The van der Waals surface area contributed by atoms with Gasteiger partial charge in [0.15, 0.2) is 14.7 Å². The standard InChI is InChI=1S/C14H12N2O8S6/c1-23-24-29-9(11(15)19)13-25-5-3(17)7-8(4(18)6(5)26-13)28-14(27-7)10(12(16)20)30(2,21)22/h17-18H,1-2H3,(H2,15,19)(H2,16,20). The summed E-state index contributed by atoms with van der Waals surface area (Å²) in [5, 5.41) is 21.5. The van der Waals surface area contributed by atoms with Gasteiger partial charge in [0.05, 0.1) is 47.2 Å². The van der Waals surface area contributed by atoms with E-state index in [4.69, 9.17) is 15.8 Å². The summed E-state index contributed by atoms with van der Waals surface area (Å²) in [6.07, 6.45) is 0.845. The second-order valence-electron chi connectivity index (χ2n) is 5.47. The first-order valence-electron chi connectivity index (χ1n) is 7.46. The Bertz CT molecular complexity index is 1100. The van der Waals surface area contributed by atoms with Gasteiger partial charge >= 0.3 is 0 Å². The third-order valence-corrected chi connectivity index (χ3v) is 11.1. The van der Waals surface area contributed by atoms with E-state index in [0.717, 1.165) is 53.3 Å². The summed E-state index contributed by atoms with van der Waals surface area (Å²) < 4.78 is 29.0. The van der Waals surface area contributed by atoms with Crippen molar-refractivity contribution < 1.29 is 37.4 Å². The zero-order valence-corrected chi connectivity index (χ0v) is 19.8. The number of phenols is 2. The highest BCUT2D eigenvalue weighted by molar-refractivity contribution is 8.26. The molecule has 0 unspecified atom stereocenters. The molecule has 1 aromatic rings. The van der Waals surface area contributed by atoms with E-state index in [-0.39, 0.29) is 40.2 Å². The van der Waals surface area contributed by atoms with Gasteiger partial charge in [-0.05, 0) is 0 Å². The number of nitrogens with two attached hydrogens (primary N) is 2. The average Bonchev–Trinajstić information content (AvgIpc) is 3.24. The van der Waals surface area contributed by atoms with E-state index >= 15 is 0 Å². The normalized spacial score (nSPS) is 15.1. The Hall–Kier alpha value is -1.14. The minimum atomic E-state index is -3.94. The van der Waals surface area contributed by atoms with E-state index in [0.29, 0.717) is 16.3 Å². The highest BCUT2D eigenvalue weighted by Gasteiger charge is 2.39. The maximum atomic E-state index is 12.0. The first kappa shape index (κ1) is 23.5. The molecule has 0 fully saturated rings. The molecule has 0 saturated carbocycles. The van der Waals surface area contributed by atoms with Crippen LogP contribution < -0.4 is 11.5 Å². The topological polar surface area (TPSA) is 179 Å². The molecule has 30 heavy (non-hydrogen) atoms. The van der Waals surface area contributed by atoms with E-state index < -0.39 is 26.6 Å². The number of aromatic hydroxyl groups is 2. The number of hydrogen-bond donors (Lipinski definition) is 4. The van der Waals surface area contributed by atoms with Crippen molar-refractivity contribution in [2.45, 2.75) is 19.6 Å². The molecule has 2 amide bonds. The van der Waals surface area contributed by atoms with Crippen LogP contribution in [0.1, 0.15) is 0 Å². The fourth-order valence-corrected chi connectivity index (χ4v) is 9.89. The van der Waals surface area contributed by atoms with Crippen LogP contribution in [0.5, 0.6) is 11.5 Å². The molecule has 16 heteroatoms. The van der Waals surface area contributed by atoms with Crippen LogP contribution in [-0.4, -0.2) is 43.8 Å². The highest BCUT2D eigenvalue weighted by Crippen LogP contribution is 2.68. The fourth-order valence-electron chi connectivity index (χ4n) is 2.29. The molecule has 10 nitrogen and oxygen atoms in total. The van der Waals surface area contributed by atoms with Gasteiger partial charge in [0.1, 0.15) is 16.4 Å². The van der Waals surface area contributed by atoms with Crippen molar-refractivity contribution in [3.05, 3.63) is 18.3 Å². The van der Waals surface area contributed by atoms with Gasteiger partial charge in [0.25, 0.3) is 11.8 Å². The van der Waals surface area contributed by atoms with Crippen LogP contribution in [0.4, 0.5) is 0 Å². The number of amides is 2. The fraction of sp³-hybridized carbons (Fsp3) is 0.143. The molecule has 3 rings (SSSR count). The van der Waals surface area contributed by atoms with Crippen LogP contribution in [0.3, 0.4) is 0 Å². The molecule has 2 aliphatic rings. The van der Waals surface area contributed by atoms with Crippen LogP contribution in [0.15, 0.2) is 37.9 Å². The van der Waals surface area contributed by atoms with Crippen molar-refractivity contribution >= 4 is 80.7 Å². The smallest absolute Gasteiger partial charge is 0.261 e. The van der Waals surface area contributed by atoms with Crippen molar-refractivity contribution in [3.8, 4) is 11.5 Å². The van der Waals surface area contributed by atoms with Crippen LogP contribution >= 0.6 is 59.1 Å². The number of fused-ring (bicyclic) bond motifs is 2. The first-order valence-corrected chi connectivity index (χ1v) is 13.4. The molecule has 0 spiro atoms. The molecule has 2 aliphatic heterocycles. The van der Waals surface area contributed by atoms with Crippen molar-refractivity contribution in [1.29, 1.82) is 0 Å². The van der Waals surface area contributed by atoms with E-state index in [1.54, 1.807) is 0 Å². The van der Waals surface area contributed by atoms with Crippen LogP contribution in [0.25, 0.3) is 0 Å². The third kappa shape index (κ3) is 4.27. The second kappa shape index (κ2) is 8.78. The van der Waals surface area contributed by atoms with Gasteiger partial charge in [0, 0.05) is 6.26 Å². The molecule has 2 heterocycles. The molecule has 6 N–H and O–H groups in total. The largest absolute Gasteiger partial charge is 0.505 e. The van der Waals surface area contributed by atoms with E-state index in [2.05, 4.69) is 4.89 Å². The monoisotopic (exact) mass is 528 g/mol. The summed E-state index contributed by atoms with van der Waals surface area (Å²) >= 11 is 4.16. The van der Waals surface area contributed by atoms with Crippen molar-refractivity contribution in [3.63, 3.8) is 0 Å². The van der Waals surface area contributed by atoms with Crippen LogP contribution in [0.2, 0.25) is 0 Å². The van der Waals surface area contributed by atoms with E-state index in [9.17, 15) is 28.2 Å². The number of thioether (sulfide) groups is 4. The predicted octanol–water partition coefficient (Wildman–Crippen LogP) is 2.07. The van der Waals surface area contributed by atoms with Crippen LogP contribution in [0, 0.1) is 0 Å². The maximum Gasteiger partial charge on any atom is 0.261 e. The Morgan fingerprint density at radius 1 is 0.900 bits per heavy atom. The number of sulfone groups is 1. The first-order chi connectivity index (χ1) is 14.0. The summed E-state index contributed by atoms with van der Waals surface area (Å²) in [5.41, 5.74) is 10.6. The SMILES string of the molecule is COOSC(C(N)=O)=C1Sc2c(O)c3c(c(O)c2S1)SC(=C(C(N)=O)S(C)(=O)=O)S3. The summed E-state index contributed by atoms with van der Waals surface area (Å²) in [6, 6.07) is 0.